The number of aromatic nitrogens is 2. The first-order chi connectivity index (χ1) is 13.6. The minimum atomic E-state index is -0.130. The highest BCUT2D eigenvalue weighted by molar-refractivity contribution is 5.94. The molecule has 0 aliphatic carbocycles. The Morgan fingerprint density at radius 1 is 1.18 bits per heavy atom. The highest BCUT2D eigenvalue weighted by atomic mass is 16.7. The van der Waals surface area contributed by atoms with E-state index < -0.39 is 0 Å². The van der Waals surface area contributed by atoms with Crippen LogP contribution in [0.2, 0.25) is 0 Å². The maximum absolute atomic E-state index is 12.5. The Labute approximate surface area is 163 Å². The molecule has 0 saturated carbocycles. The summed E-state index contributed by atoms with van der Waals surface area (Å²) in [5.74, 6) is 2.13. The number of hydrogen-bond donors (Lipinski definition) is 1. The highest BCUT2D eigenvalue weighted by Gasteiger charge is 2.16. The van der Waals surface area contributed by atoms with Gasteiger partial charge >= 0.3 is 0 Å². The van der Waals surface area contributed by atoms with Crippen LogP contribution in [0.3, 0.4) is 0 Å². The Balaban J connectivity index is 1.43. The van der Waals surface area contributed by atoms with Crippen LogP contribution in [0.5, 0.6) is 11.5 Å². The second-order valence-electron chi connectivity index (χ2n) is 7.05. The van der Waals surface area contributed by atoms with Gasteiger partial charge in [0.1, 0.15) is 5.82 Å². The van der Waals surface area contributed by atoms with Gasteiger partial charge in [-0.05, 0) is 44.4 Å². The zero-order chi connectivity index (χ0) is 19.5. The van der Waals surface area contributed by atoms with Gasteiger partial charge in [0.05, 0.1) is 11.0 Å². The molecule has 0 atom stereocenters. The van der Waals surface area contributed by atoms with E-state index in [2.05, 4.69) is 34.9 Å². The van der Waals surface area contributed by atoms with Gasteiger partial charge in [-0.1, -0.05) is 12.1 Å². The number of hydrogen-bond acceptors (Lipinski definition) is 5. The summed E-state index contributed by atoms with van der Waals surface area (Å²) in [4.78, 5) is 19.4. The number of amides is 1. The number of ether oxygens (including phenoxy) is 2. The molecule has 0 fully saturated rings. The molecule has 3 aromatic rings. The van der Waals surface area contributed by atoms with Crippen LogP contribution < -0.4 is 14.8 Å². The number of benzene rings is 2. The molecule has 1 amide bonds. The topological polar surface area (TPSA) is 68.6 Å². The van der Waals surface area contributed by atoms with E-state index in [0.29, 0.717) is 30.0 Å². The number of nitrogens with one attached hydrogen (secondary N) is 1. The van der Waals surface area contributed by atoms with Crippen molar-refractivity contribution in [3.05, 3.63) is 53.9 Å². The summed E-state index contributed by atoms with van der Waals surface area (Å²) in [6, 6.07) is 13.4. The van der Waals surface area contributed by atoms with Crippen LogP contribution >= 0.6 is 0 Å². The lowest BCUT2D eigenvalue weighted by molar-refractivity contribution is 0.0953. The molecule has 28 heavy (non-hydrogen) atoms. The lowest BCUT2D eigenvalue weighted by Gasteiger charge is -2.13. The molecule has 0 radical (unpaired) electrons. The fraction of sp³-hybridized carbons (Fsp3) is 0.333. The second kappa shape index (κ2) is 7.90. The van der Waals surface area contributed by atoms with E-state index in [1.807, 2.05) is 18.2 Å². The molecular formula is C21H24N4O3. The first-order valence-electron chi connectivity index (χ1n) is 9.38. The van der Waals surface area contributed by atoms with E-state index in [1.54, 1.807) is 18.2 Å². The van der Waals surface area contributed by atoms with E-state index in [0.717, 1.165) is 29.9 Å². The van der Waals surface area contributed by atoms with Gasteiger partial charge in [0.15, 0.2) is 11.5 Å². The molecule has 0 bridgehead atoms. The smallest absolute Gasteiger partial charge is 0.251 e. The fourth-order valence-corrected chi connectivity index (χ4v) is 3.29. The van der Waals surface area contributed by atoms with Crippen molar-refractivity contribution in [2.45, 2.75) is 13.0 Å². The maximum atomic E-state index is 12.5. The lowest BCUT2D eigenvalue weighted by atomic mass is 10.2. The Hall–Kier alpha value is -3.06. The molecule has 2 aromatic carbocycles. The molecule has 4 rings (SSSR count). The van der Waals surface area contributed by atoms with Gasteiger partial charge in [-0.2, -0.15) is 0 Å². The molecule has 7 heteroatoms. The molecule has 7 nitrogen and oxygen atoms in total. The van der Waals surface area contributed by atoms with Crippen molar-refractivity contribution >= 4 is 16.9 Å². The van der Waals surface area contributed by atoms with Gasteiger partial charge in [-0.3, -0.25) is 4.79 Å². The summed E-state index contributed by atoms with van der Waals surface area (Å²) in [5, 5.41) is 2.98. The number of imidazole rings is 1. The third kappa shape index (κ3) is 3.80. The van der Waals surface area contributed by atoms with Crippen molar-refractivity contribution in [3.8, 4) is 11.5 Å². The SMILES string of the molecule is CN(C)CCn1c(CCNC(=O)c2ccc3c(c2)OCO3)nc2ccccc21. The van der Waals surface area contributed by atoms with Crippen LogP contribution in [-0.2, 0) is 13.0 Å². The van der Waals surface area contributed by atoms with Crippen molar-refractivity contribution < 1.29 is 14.3 Å². The Kier molecular flexibility index (Phi) is 5.16. The largest absolute Gasteiger partial charge is 0.454 e. The first-order valence-corrected chi connectivity index (χ1v) is 9.38. The summed E-state index contributed by atoms with van der Waals surface area (Å²) >= 11 is 0. The van der Waals surface area contributed by atoms with Crippen LogP contribution in [0.25, 0.3) is 11.0 Å². The number of carbonyl (C=O) groups is 1. The Bertz CT molecular complexity index is 996. The molecule has 1 N–H and O–H groups in total. The predicted molar refractivity (Wildman–Crippen MR) is 107 cm³/mol. The van der Waals surface area contributed by atoms with Crippen molar-refractivity contribution in [1.29, 1.82) is 0 Å². The predicted octanol–water partition coefficient (Wildman–Crippen LogP) is 2.30. The number of likely N-dealkylation sites (N-methyl/N-ethyl adjacent to an activating group) is 1. The molecule has 1 aliphatic heterocycles. The number of fused-ring (bicyclic) bond motifs is 2. The van der Waals surface area contributed by atoms with Crippen molar-refractivity contribution in [1.82, 2.24) is 19.8 Å². The van der Waals surface area contributed by atoms with Gasteiger partial charge < -0.3 is 24.3 Å². The summed E-state index contributed by atoms with van der Waals surface area (Å²) in [5.41, 5.74) is 2.67. The van der Waals surface area contributed by atoms with Crippen molar-refractivity contribution in [2.75, 3.05) is 34.0 Å². The van der Waals surface area contributed by atoms with Crippen LogP contribution in [0, 0.1) is 0 Å². The number of para-hydroxylation sites is 2. The third-order valence-corrected chi connectivity index (χ3v) is 4.77. The van der Waals surface area contributed by atoms with Gasteiger partial charge in [0, 0.05) is 31.6 Å². The molecule has 0 saturated heterocycles. The van der Waals surface area contributed by atoms with Crippen LogP contribution in [0.15, 0.2) is 42.5 Å². The molecular weight excluding hydrogens is 356 g/mol. The third-order valence-electron chi connectivity index (χ3n) is 4.77. The van der Waals surface area contributed by atoms with E-state index >= 15 is 0 Å². The molecule has 1 aromatic heterocycles. The minimum Gasteiger partial charge on any atom is -0.454 e. The Morgan fingerprint density at radius 3 is 2.86 bits per heavy atom. The van der Waals surface area contributed by atoms with E-state index in [4.69, 9.17) is 14.5 Å². The number of nitrogens with zero attached hydrogens (tertiary/aromatic N) is 3. The van der Waals surface area contributed by atoms with Gasteiger partial charge in [0.2, 0.25) is 6.79 Å². The summed E-state index contributed by atoms with van der Waals surface area (Å²) in [7, 11) is 4.12. The minimum absolute atomic E-state index is 0.130. The molecule has 0 spiro atoms. The highest BCUT2D eigenvalue weighted by Crippen LogP contribution is 2.32. The molecule has 146 valence electrons. The average molecular weight is 380 g/mol. The van der Waals surface area contributed by atoms with Gasteiger partial charge in [-0.15, -0.1) is 0 Å². The standard InChI is InChI=1S/C21H24N4O3/c1-24(2)11-12-25-17-6-4-3-5-16(17)23-20(25)9-10-22-21(26)15-7-8-18-19(13-15)28-14-27-18/h3-8,13H,9-12,14H2,1-2H3,(H,22,26). The first kappa shape index (κ1) is 18.3. The summed E-state index contributed by atoms with van der Waals surface area (Å²) in [6.07, 6.45) is 0.665. The zero-order valence-corrected chi connectivity index (χ0v) is 16.1. The van der Waals surface area contributed by atoms with E-state index in [1.165, 1.54) is 0 Å². The van der Waals surface area contributed by atoms with Gasteiger partial charge in [0.25, 0.3) is 5.91 Å². The van der Waals surface area contributed by atoms with Crippen LogP contribution in [-0.4, -0.2) is 54.3 Å². The average Bonchev–Trinajstić information content (AvgIpc) is 3.29. The van der Waals surface area contributed by atoms with E-state index in [-0.39, 0.29) is 12.7 Å². The zero-order valence-electron chi connectivity index (χ0n) is 16.1. The van der Waals surface area contributed by atoms with Crippen molar-refractivity contribution in [3.63, 3.8) is 0 Å². The quantitative estimate of drug-likeness (QED) is 0.681. The maximum Gasteiger partial charge on any atom is 0.251 e. The van der Waals surface area contributed by atoms with E-state index in [9.17, 15) is 4.79 Å². The van der Waals surface area contributed by atoms with Gasteiger partial charge in [-0.25, -0.2) is 4.98 Å². The molecule has 2 heterocycles. The van der Waals surface area contributed by atoms with Crippen LogP contribution in [0.4, 0.5) is 0 Å². The lowest BCUT2D eigenvalue weighted by Crippen LogP contribution is -2.27. The van der Waals surface area contributed by atoms with Crippen LogP contribution in [0.1, 0.15) is 16.2 Å². The Morgan fingerprint density at radius 2 is 2.00 bits per heavy atom. The second-order valence-corrected chi connectivity index (χ2v) is 7.05. The normalized spacial score (nSPS) is 12.7. The molecule has 1 aliphatic rings. The summed E-state index contributed by atoms with van der Waals surface area (Å²) < 4.78 is 12.9. The fourth-order valence-electron chi connectivity index (χ4n) is 3.29. The molecule has 0 unspecified atom stereocenters. The number of carbonyl (C=O) groups excluding carboxylic acids is 1. The summed E-state index contributed by atoms with van der Waals surface area (Å²) in [6.45, 7) is 2.50. The van der Waals surface area contributed by atoms with Crippen molar-refractivity contribution in [2.24, 2.45) is 0 Å². The number of rotatable bonds is 7. The monoisotopic (exact) mass is 380 g/mol.